The standard InChI is InChI=1S/C23H24N2O2/c1-16-13-14-17(2)20(15-16)25-23(26)22(18-9-5-4-6-10-18)24-19-11-7-8-12-21(19)27-3/h4-15,22,24H,1-3H3,(H,25,26)/t22-/m1/s1. The average molecular weight is 360 g/mol. The summed E-state index contributed by atoms with van der Waals surface area (Å²) in [5, 5.41) is 6.40. The maximum absolute atomic E-state index is 13.2. The molecule has 3 rings (SSSR count). The first-order chi connectivity index (χ1) is 13.1. The highest BCUT2D eigenvalue weighted by Gasteiger charge is 2.22. The number of hydrogen-bond donors (Lipinski definition) is 2. The van der Waals surface area contributed by atoms with Crippen LogP contribution in [0, 0.1) is 13.8 Å². The van der Waals surface area contributed by atoms with Gasteiger partial charge in [-0.2, -0.15) is 0 Å². The normalized spacial score (nSPS) is 11.5. The minimum atomic E-state index is -0.553. The second-order valence-electron chi connectivity index (χ2n) is 6.50. The first-order valence-electron chi connectivity index (χ1n) is 8.91. The lowest BCUT2D eigenvalue weighted by molar-refractivity contribution is -0.117. The lowest BCUT2D eigenvalue weighted by atomic mass is 10.0. The molecule has 2 N–H and O–H groups in total. The lowest BCUT2D eigenvalue weighted by Crippen LogP contribution is -2.27. The van der Waals surface area contributed by atoms with Gasteiger partial charge in [-0.1, -0.05) is 54.6 Å². The number of benzene rings is 3. The number of ether oxygens (including phenoxy) is 1. The van der Waals surface area contributed by atoms with E-state index < -0.39 is 6.04 Å². The maximum atomic E-state index is 13.2. The summed E-state index contributed by atoms with van der Waals surface area (Å²) in [4.78, 5) is 13.2. The van der Waals surface area contributed by atoms with Gasteiger partial charge in [-0.15, -0.1) is 0 Å². The van der Waals surface area contributed by atoms with Crippen molar-refractivity contribution in [3.05, 3.63) is 89.5 Å². The number of para-hydroxylation sites is 2. The van der Waals surface area contributed by atoms with Crippen LogP contribution < -0.4 is 15.4 Å². The predicted molar refractivity (Wildman–Crippen MR) is 110 cm³/mol. The molecule has 0 heterocycles. The molecule has 0 aliphatic heterocycles. The molecular formula is C23H24N2O2. The Bertz CT molecular complexity index is 923. The fourth-order valence-electron chi connectivity index (χ4n) is 2.94. The summed E-state index contributed by atoms with van der Waals surface area (Å²) in [7, 11) is 1.62. The number of carbonyl (C=O) groups excluding carboxylic acids is 1. The molecule has 0 spiro atoms. The smallest absolute Gasteiger partial charge is 0.251 e. The average Bonchev–Trinajstić information content (AvgIpc) is 2.69. The minimum Gasteiger partial charge on any atom is -0.495 e. The Kier molecular flexibility index (Phi) is 5.77. The summed E-state index contributed by atoms with van der Waals surface area (Å²) < 4.78 is 5.42. The van der Waals surface area contributed by atoms with Gasteiger partial charge in [0.25, 0.3) is 5.91 Å². The molecule has 27 heavy (non-hydrogen) atoms. The van der Waals surface area contributed by atoms with Gasteiger partial charge in [0, 0.05) is 5.69 Å². The van der Waals surface area contributed by atoms with Crippen molar-refractivity contribution in [1.82, 2.24) is 0 Å². The number of methoxy groups -OCH3 is 1. The summed E-state index contributed by atoms with van der Waals surface area (Å²) in [6.07, 6.45) is 0. The van der Waals surface area contributed by atoms with Gasteiger partial charge in [0.05, 0.1) is 12.8 Å². The van der Waals surface area contributed by atoms with Gasteiger partial charge in [-0.25, -0.2) is 0 Å². The molecule has 0 radical (unpaired) electrons. The first kappa shape index (κ1) is 18.5. The third-order valence-electron chi connectivity index (χ3n) is 4.45. The van der Waals surface area contributed by atoms with E-state index in [0.29, 0.717) is 5.75 Å². The van der Waals surface area contributed by atoms with E-state index >= 15 is 0 Å². The van der Waals surface area contributed by atoms with Crippen LogP contribution in [0.25, 0.3) is 0 Å². The summed E-state index contributed by atoms with van der Waals surface area (Å²) in [6.45, 7) is 4.00. The van der Waals surface area contributed by atoms with Crippen LogP contribution in [0.3, 0.4) is 0 Å². The summed E-state index contributed by atoms with van der Waals surface area (Å²) in [6, 6.07) is 22.7. The molecule has 0 aromatic heterocycles. The van der Waals surface area contributed by atoms with E-state index in [-0.39, 0.29) is 5.91 Å². The zero-order valence-corrected chi connectivity index (χ0v) is 15.8. The summed E-state index contributed by atoms with van der Waals surface area (Å²) in [5.41, 5.74) is 4.60. The predicted octanol–water partition coefficient (Wildman–Crippen LogP) is 5.10. The van der Waals surface area contributed by atoms with Crippen LogP contribution in [-0.4, -0.2) is 13.0 Å². The zero-order valence-electron chi connectivity index (χ0n) is 15.8. The van der Waals surface area contributed by atoms with E-state index in [0.717, 1.165) is 28.1 Å². The van der Waals surface area contributed by atoms with Crippen LogP contribution in [0.5, 0.6) is 5.75 Å². The van der Waals surface area contributed by atoms with Crippen molar-refractivity contribution in [1.29, 1.82) is 0 Å². The number of carbonyl (C=O) groups is 1. The Labute approximate surface area is 160 Å². The Balaban J connectivity index is 1.92. The number of anilines is 2. The van der Waals surface area contributed by atoms with Crippen molar-refractivity contribution in [2.24, 2.45) is 0 Å². The minimum absolute atomic E-state index is 0.124. The van der Waals surface area contributed by atoms with E-state index in [2.05, 4.69) is 10.6 Å². The van der Waals surface area contributed by atoms with Crippen LogP contribution >= 0.6 is 0 Å². The van der Waals surface area contributed by atoms with Crippen molar-refractivity contribution in [2.45, 2.75) is 19.9 Å². The molecule has 0 fully saturated rings. The number of rotatable bonds is 6. The van der Waals surface area contributed by atoms with Gasteiger partial charge in [-0.3, -0.25) is 4.79 Å². The second kappa shape index (κ2) is 8.41. The highest BCUT2D eigenvalue weighted by Crippen LogP contribution is 2.29. The third-order valence-corrected chi connectivity index (χ3v) is 4.45. The van der Waals surface area contributed by atoms with Gasteiger partial charge >= 0.3 is 0 Å². The largest absolute Gasteiger partial charge is 0.495 e. The van der Waals surface area contributed by atoms with E-state index in [1.807, 2.05) is 86.6 Å². The molecule has 4 nitrogen and oxygen atoms in total. The van der Waals surface area contributed by atoms with E-state index in [1.54, 1.807) is 7.11 Å². The third kappa shape index (κ3) is 4.47. The van der Waals surface area contributed by atoms with E-state index in [9.17, 15) is 4.79 Å². The Morgan fingerprint density at radius 2 is 1.59 bits per heavy atom. The number of aryl methyl sites for hydroxylation is 2. The molecule has 3 aromatic rings. The van der Waals surface area contributed by atoms with Crippen LogP contribution in [-0.2, 0) is 4.79 Å². The number of nitrogens with one attached hydrogen (secondary N) is 2. The molecule has 0 saturated carbocycles. The molecule has 0 bridgehead atoms. The number of amides is 1. The van der Waals surface area contributed by atoms with Crippen LogP contribution in [0.2, 0.25) is 0 Å². The van der Waals surface area contributed by atoms with Gasteiger partial charge in [0.15, 0.2) is 0 Å². The molecule has 0 unspecified atom stereocenters. The molecule has 0 saturated heterocycles. The number of hydrogen-bond acceptors (Lipinski definition) is 3. The van der Waals surface area contributed by atoms with Gasteiger partial charge in [0.1, 0.15) is 11.8 Å². The van der Waals surface area contributed by atoms with Gasteiger partial charge < -0.3 is 15.4 Å². The van der Waals surface area contributed by atoms with E-state index in [1.165, 1.54) is 0 Å². The van der Waals surface area contributed by atoms with Crippen molar-refractivity contribution >= 4 is 17.3 Å². The molecule has 0 aliphatic rings. The van der Waals surface area contributed by atoms with Crippen molar-refractivity contribution < 1.29 is 9.53 Å². The van der Waals surface area contributed by atoms with Crippen molar-refractivity contribution in [2.75, 3.05) is 17.7 Å². The molecule has 1 amide bonds. The summed E-state index contributed by atoms with van der Waals surface area (Å²) in [5.74, 6) is 0.568. The highest BCUT2D eigenvalue weighted by atomic mass is 16.5. The zero-order chi connectivity index (χ0) is 19.2. The fourth-order valence-corrected chi connectivity index (χ4v) is 2.94. The Hall–Kier alpha value is -3.27. The van der Waals surface area contributed by atoms with Gasteiger partial charge in [-0.05, 0) is 48.7 Å². The quantitative estimate of drug-likeness (QED) is 0.643. The lowest BCUT2D eigenvalue weighted by Gasteiger charge is -2.22. The molecule has 1 atom stereocenters. The SMILES string of the molecule is COc1ccccc1N[C@@H](C(=O)Nc1cc(C)ccc1C)c1ccccc1. The molecular weight excluding hydrogens is 336 g/mol. The topological polar surface area (TPSA) is 50.4 Å². The van der Waals surface area contributed by atoms with Crippen LogP contribution in [0.15, 0.2) is 72.8 Å². The van der Waals surface area contributed by atoms with Crippen LogP contribution in [0.4, 0.5) is 11.4 Å². The van der Waals surface area contributed by atoms with Gasteiger partial charge in [0.2, 0.25) is 0 Å². The molecule has 3 aromatic carbocycles. The Morgan fingerprint density at radius 1 is 0.889 bits per heavy atom. The fraction of sp³-hybridized carbons (Fsp3) is 0.174. The maximum Gasteiger partial charge on any atom is 0.251 e. The Morgan fingerprint density at radius 3 is 2.33 bits per heavy atom. The monoisotopic (exact) mass is 360 g/mol. The van der Waals surface area contributed by atoms with Crippen LogP contribution in [0.1, 0.15) is 22.7 Å². The molecule has 0 aliphatic carbocycles. The molecule has 4 heteroatoms. The first-order valence-corrected chi connectivity index (χ1v) is 8.91. The second-order valence-corrected chi connectivity index (χ2v) is 6.50. The summed E-state index contributed by atoms with van der Waals surface area (Å²) >= 11 is 0. The van der Waals surface area contributed by atoms with Crippen molar-refractivity contribution in [3.8, 4) is 5.75 Å². The van der Waals surface area contributed by atoms with E-state index in [4.69, 9.17) is 4.74 Å². The highest BCUT2D eigenvalue weighted by molar-refractivity contribution is 5.98. The molecule has 138 valence electrons. The van der Waals surface area contributed by atoms with Crippen molar-refractivity contribution in [3.63, 3.8) is 0 Å².